The molecule has 0 radical (unpaired) electrons. The highest BCUT2D eigenvalue weighted by Crippen LogP contribution is 2.27. The Labute approximate surface area is 134 Å². The fourth-order valence-corrected chi connectivity index (χ4v) is 1.90. The number of rotatable bonds is 11. The SMILES string of the molecule is OCCOCCCNCC(O)COc1cc(Cl)ccc1Cl. The molecule has 1 aromatic rings. The summed E-state index contributed by atoms with van der Waals surface area (Å²) < 4.78 is 10.5. The molecule has 1 atom stereocenters. The lowest BCUT2D eigenvalue weighted by Gasteiger charge is -2.14. The summed E-state index contributed by atoms with van der Waals surface area (Å²) >= 11 is 11.8. The molecule has 0 amide bonds. The number of aliphatic hydroxyl groups is 2. The molecule has 0 heterocycles. The van der Waals surface area contributed by atoms with Crippen LogP contribution < -0.4 is 10.1 Å². The van der Waals surface area contributed by atoms with E-state index in [0.717, 1.165) is 13.0 Å². The number of benzene rings is 1. The summed E-state index contributed by atoms with van der Waals surface area (Å²) in [6, 6.07) is 4.94. The van der Waals surface area contributed by atoms with E-state index in [4.69, 9.17) is 37.8 Å². The van der Waals surface area contributed by atoms with Crippen LogP contribution in [0.3, 0.4) is 0 Å². The molecule has 0 aliphatic heterocycles. The predicted molar refractivity (Wildman–Crippen MR) is 83.4 cm³/mol. The molecule has 0 fully saturated rings. The molecule has 1 unspecified atom stereocenters. The second-order valence-corrected chi connectivity index (χ2v) is 5.28. The van der Waals surface area contributed by atoms with E-state index in [1.807, 2.05) is 0 Å². The van der Waals surface area contributed by atoms with Crippen molar-refractivity contribution in [2.24, 2.45) is 0 Å². The van der Waals surface area contributed by atoms with Gasteiger partial charge in [-0.05, 0) is 25.1 Å². The molecule has 0 saturated heterocycles. The van der Waals surface area contributed by atoms with E-state index in [-0.39, 0.29) is 13.2 Å². The minimum Gasteiger partial charge on any atom is -0.489 e. The van der Waals surface area contributed by atoms with Gasteiger partial charge in [0.15, 0.2) is 0 Å². The first-order valence-electron chi connectivity index (χ1n) is 6.78. The molecule has 0 bridgehead atoms. The van der Waals surface area contributed by atoms with Crippen molar-refractivity contribution in [1.82, 2.24) is 5.32 Å². The Bertz CT molecular complexity index is 407. The average Bonchev–Trinajstić information content (AvgIpc) is 2.47. The second kappa shape index (κ2) is 11.1. The topological polar surface area (TPSA) is 71.0 Å². The van der Waals surface area contributed by atoms with Crippen molar-refractivity contribution in [1.29, 1.82) is 0 Å². The zero-order valence-corrected chi connectivity index (χ0v) is 13.2. The molecule has 0 aromatic heterocycles. The Kier molecular flexibility index (Phi) is 9.74. The smallest absolute Gasteiger partial charge is 0.139 e. The number of ether oxygens (including phenoxy) is 2. The molecular formula is C14H21Cl2NO4. The fourth-order valence-electron chi connectivity index (χ4n) is 1.57. The van der Waals surface area contributed by atoms with E-state index >= 15 is 0 Å². The van der Waals surface area contributed by atoms with Gasteiger partial charge in [-0.15, -0.1) is 0 Å². The Morgan fingerprint density at radius 2 is 2.05 bits per heavy atom. The van der Waals surface area contributed by atoms with Crippen molar-refractivity contribution in [3.05, 3.63) is 28.2 Å². The lowest BCUT2D eigenvalue weighted by atomic mass is 10.3. The second-order valence-electron chi connectivity index (χ2n) is 4.43. The van der Waals surface area contributed by atoms with Crippen LogP contribution in [0, 0.1) is 0 Å². The van der Waals surface area contributed by atoms with Crippen molar-refractivity contribution in [3.63, 3.8) is 0 Å². The van der Waals surface area contributed by atoms with Crippen molar-refractivity contribution in [2.45, 2.75) is 12.5 Å². The van der Waals surface area contributed by atoms with E-state index < -0.39 is 6.10 Å². The van der Waals surface area contributed by atoms with Gasteiger partial charge < -0.3 is 25.0 Å². The van der Waals surface area contributed by atoms with Crippen LogP contribution in [0.2, 0.25) is 10.0 Å². The summed E-state index contributed by atoms with van der Waals surface area (Å²) in [5, 5.41) is 22.4. The maximum Gasteiger partial charge on any atom is 0.139 e. The molecule has 0 aliphatic carbocycles. The largest absolute Gasteiger partial charge is 0.489 e. The molecule has 1 aromatic carbocycles. The van der Waals surface area contributed by atoms with Crippen molar-refractivity contribution >= 4 is 23.2 Å². The lowest BCUT2D eigenvalue weighted by Crippen LogP contribution is -2.32. The van der Waals surface area contributed by atoms with Crippen LogP contribution in [0.25, 0.3) is 0 Å². The summed E-state index contributed by atoms with van der Waals surface area (Å²) in [5.41, 5.74) is 0. The van der Waals surface area contributed by atoms with Crippen molar-refractivity contribution < 1.29 is 19.7 Å². The van der Waals surface area contributed by atoms with Gasteiger partial charge in [0.05, 0.1) is 18.2 Å². The van der Waals surface area contributed by atoms with Gasteiger partial charge in [0.1, 0.15) is 18.5 Å². The van der Waals surface area contributed by atoms with Gasteiger partial charge in [-0.3, -0.25) is 0 Å². The van der Waals surface area contributed by atoms with Crippen LogP contribution in [-0.2, 0) is 4.74 Å². The minimum atomic E-state index is -0.640. The summed E-state index contributed by atoms with van der Waals surface area (Å²) in [7, 11) is 0. The Morgan fingerprint density at radius 3 is 2.81 bits per heavy atom. The highest BCUT2D eigenvalue weighted by atomic mass is 35.5. The van der Waals surface area contributed by atoms with Gasteiger partial charge in [0.2, 0.25) is 0 Å². The third kappa shape index (κ3) is 8.46. The highest BCUT2D eigenvalue weighted by molar-refractivity contribution is 6.34. The van der Waals surface area contributed by atoms with E-state index in [1.165, 1.54) is 0 Å². The number of hydrogen-bond acceptors (Lipinski definition) is 5. The maximum atomic E-state index is 9.78. The summed E-state index contributed by atoms with van der Waals surface area (Å²) in [6.45, 7) is 2.25. The number of hydrogen-bond donors (Lipinski definition) is 3. The molecule has 0 aliphatic rings. The van der Waals surface area contributed by atoms with Gasteiger partial charge in [-0.1, -0.05) is 23.2 Å². The summed E-state index contributed by atoms with van der Waals surface area (Å²) in [4.78, 5) is 0. The molecule has 0 spiro atoms. The monoisotopic (exact) mass is 337 g/mol. The average molecular weight is 338 g/mol. The molecule has 21 heavy (non-hydrogen) atoms. The van der Waals surface area contributed by atoms with Gasteiger partial charge in [0, 0.05) is 24.2 Å². The van der Waals surface area contributed by atoms with E-state index in [0.29, 0.717) is 35.6 Å². The standard InChI is InChI=1S/C14H21Cl2NO4/c15-11-2-3-13(16)14(8-11)21-10-12(19)9-17-4-1-6-20-7-5-18/h2-3,8,12,17-19H,1,4-7,9-10H2. The molecule has 7 heteroatoms. The molecular weight excluding hydrogens is 317 g/mol. The first-order chi connectivity index (χ1) is 10.1. The predicted octanol–water partition coefficient (Wildman–Crippen LogP) is 1.72. The van der Waals surface area contributed by atoms with Crippen molar-refractivity contribution in [2.75, 3.05) is 39.5 Å². The number of halogens is 2. The van der Waals surface area contributed by atoms with Crippen LogP contribution >= 0.6 is 23.2 Å². The minimum absolute atomic E-state index is 0.0372. The van der Waals surface area contributed by atoms with Gasteiger partial charge in [-0.25, -0.2) is 0 Å². The van der Waals surface area contributed by atoms with Crippen LogP contribution in [0.1, 0.15) is 6.42 Å². The fraction of sp³-hybridized carbons (Fsp3) is 0.571. The molecule has 120 valence electrons. The third-order valence-electron chi connectivity index (χ3n) is 2.58. The van der Waals surface area contributed by atoms with Gasteiger partial charge >= 0.3 is 0 Å². The molecule has 0 saturated carbocycles. The maximum absolute atomic E-state index is 9.78. The van der Waals surface area contributed by atoms with Crippen LogP contribution in [0.15, 0.2) is 18.2 Å². The molecule has 3 N–H and O–H groups in total. The molecule has 5 nitrogen and oxygen atoms in total. The summed E-state index contributed by atoms with van der Waals surface area (Å²) in [5.74, 6) is 0.459. The number of aliphatic hydroxyl groups excluding tert-OH is 2. The van der Waals surface area contributed by atoms with Crippen LogP contribution in [0.5, 0.6) is 5.75 Å². The zero-order valence-electron chi connectivity index (χ0n) is 11.7. The van der Waals surface area contributed by atoms with E-state index in [9.17, 15) is 5.11 Å². The highest BCUT2D eigenvalue weighted by Gasteiger charge is 2.07. The number of nitrogens with one attached hydrogen (secondary N) is 1. The van der Waals surface area contributed by atoms with Crippen LogP contribution in [0.4, 0.5) is 0 Å². The van der Waals surface area contributed by atoms with Crippen molar-refractivity contribution in [3.8, 4) is 5.75 Å². The quantitative estimate of drug-likeness (QED) is 0.536. The first kappa shape index (κ1) is 18.5. The van der Waals surface area contributed by atoms with E-state index in [2.05, 4.69) is 5.32 Å². The Hall–Kier alpha value is -0.560. The summed E-state index contributed by atoms with van der Waals surface area (Å²) in [6.07, 6.45) is 0.173. The van der Waals surface area contributed by atoms with Crippen LogP contribution in [-0.4, -0.2) is 55.8 Å². The third-order valence-corrected chi connectivity index (χ3v) is 3.13. The van der Waals surface area contributed by atoms with Gasteiger partial charge in [0.25, 0.3) is 0 Å². The Morgan fingerprint density at radius 1 is 1.24 bits per heavy atom. The Balaban J connectivity index is 2.11. The normalized spacial score (nSPS) is 12.4. The van der Waals surface area contributed by atoms with Gasteiger partial charge in [-0.2, -0.15) is 0 Å². The molecule has 1 rings (SSSR count). The zero-order chi connectivity index (χ0) is 15.5. The lowest BCUT2D eigenvalue weighted by molar-refractivity contribution is 0.0875. The first-order valence-corrected chi connectivity index (χ1v) is 7.54. The van der Waals surface area contributed by atoms with E-state index in [1.54, 1.807) is 18.2 Å².